The monoisotopic (exact) mass is 311 g/mol. The number of carbonyl (C=O) groups excluding carboxylic acids is 1. The van der Waals surface area contributed by atoms with Crippen molar-refractivity contribution < 1.29 is 9.90 Å². The number of amides is 2. The fourth-order valence-electron chi connectivity index (χ4n) is 3.66. The van der Waals surface area contributed by atoms with Crippen LogP contribution in [0.3, 0.4) is 0 Å². The van der Waals surface area contributed by atoms with Crippen molar-refractivity contribution in [3.05, 3.63) is 0 Å². The zero-order valence-corrected chi connectivity index (χ0v) is 14.2. The Labute approximate surface area is 134 Å². The maximum Gasteiger partial charge on any atom is 0.314 e. The summed E-state index contributed by atoms with van der Waals surface area (Å²) in [6.45, 7) is 7.81. The number of nitrogens with zero attached hydrogens (tertiary/aromatic N) is 1. The molecule has 0 spiro atoms. The van der Waals surface area contributed by atoms with Gasteiger partial charge in [-0.15, -0.1) is 0 Å². The van der Waals surface area contributed by atoms with Crippen molar-refractivity contribution in [2.45, 2.75) is 70.4 Å². The molecule has 5 heteroatoms. The van der Waals surface area contributed by atoms with E-state index in [0.717, 1.165) is 38.8 Å². The summed E-state index contributed by atoms with van der Waals surface area (Å²) in [5.74, 6) is 0.541. The highest BCUT2D eigenvalue weighted by atomic mass is 16.3. The molecule has 0 radical (unpaired) electrons. The van der Waals surface area contributed by atoms with Crippen molar-refractivity contribution >= 4 is 6.03 Å². The first-order valence-electron chi connectivity index (χ1n) is 8.97. The molecule has 5 nitrogen and oxygen atoms in total. The molecule has 2 amide bonds. The largest absolute Gasteiger partial charge is 0.388 e. The first-order valence-corrected chi connectivity index (χ1v) is 8.97. The maximum absolute atomic E-state index is 11.9. The van der Waals surface area contributed by atoms with E-state index in [0.29, 0.717) is 18.5 Å². The van der Waals surface area contributed by atoms with Gasteiger partial charge in [-0.3, -0.25) is 0 Å². The lowest BCUT2D eigenvalue weighted by Crippen LogP contribution is -2.49. The number of aliphatic hydroxyl groups is 1. The molecule has 0 bridgehead atoms. The average molecular weight is 311 g/mol. The predicted octanol–water partition coefficient (Wildman–Crippen LogP) is 2.10. The van der Waals surface area contributed by atoms with E-state index < -0.39 is 5.60 Å². The van der Waals surface area contributed by atoms with Crippen LogP contribution in [-0.4, -0.2) is 53.9 Å². The first kappa shape index (κ1) is 17.5. The quantitative estimate of drug-likeness (QED) is 0.728. The van der Waals surface area contributed by atoms with Crippen molar-refractivity contribution in [1.29, 1.82) is 0 Å². The second kappa shape index (κ2) is 8.16. The van der Waals surface area contributed by atoms with Crippen molar-refractivity contribution in [3.63, 3.8) is 0 Å². The first-order chi connectivity index (χ1) is 10.5. The molecule has 1 aliphatic heterocycles. The fraction of sp³-hybridized carbons (Fsp3) is 0.941. The predicted molar refractivity (Wildman–Crippen MR) is 88.9 cm³/mol. The summed E-state index contributed by atoms with van der Waals surface area (Å²) in [6.07, 6.45) is 7.33. The summed E-state index contributed by atoms with van der Waals surface area (Å²) in [7, 11) is 0. The molecule has 1 saturated heterocycles. The Morgan fingerprint density at radius 2 is 1.95 bits per heavy atom. The van der Waals surface area contributed by atoms with Gasteiger partial charge in [-0.2, -0.15) is 0 Å². The second-order valence-corrected chi connectivity index (χ2v) is 7.45. The minimum atomic E-state index is -0.686. The van der Waals surface area contributed by atoms with E-state index in [-0.39, 0.29) is 6.03 Å². The van der Waals surface area contributed by atoms with Crippen molar-refractivity contribution in [3.8, 4) is 0 Å². The van der Waals surface area contributed by atoms with Crippen LogP contribution < -0.4 is 10.6 Å². The lowest BCUT2D eigenvalue weighted by atomic mass is 9.85. The number of rotatable bonds is 5. The van der Waals surface area contributed by atoms with E-state index in [1.54, 1.807) is 0 Å². The third-order valence-corrected chi connectivity index (χ3v) is 5.19. The van der Waals surface area contributed by atoms with E-state index in [4.69, 9.17) is 0 Å². The molecular weight excluding hydrogens is 278 g/mol. The lowest BCUT2D eigenvalue weighted by Gasteiger charge is -2.35. The standard InChI is InChI=1S/C17H33N3O2/c1-14(2)20-10-6-7-15(12-20)11-18-16(21)19-13-17(22)8-4-3-5-9-17/h14-15,22H,3-13H2,1-2H3,(H2,18,19,21). The fourth-order valence-corrected chi connectivity index (χ4v) is 3.66. The van der Waals surface area contributed by atoms with Crippen LogP contribution >= 0.6 is 0 Å². The zero-order valence-electron chi connectivity index (χ0n) is 14.2. The lowest BCUT2D eigenvalue weighted by molar-refractivity contribution is 0.00715. The molecule has 0 aromatic rings. The number of carbonyl (C=O) groups is 1. The third-order valence-electron chi connectivity index (χ3n) is 5.19. The Morgan fingerprint density at radius 3 is 2.64 bits per heavy atom. The Kier molecular flexibility index (Phi) is 6.50. The van der Waals surface area contributed by atoms with Crippen LogP contribution in [0.5, 0.6) is 0 Å². The van der Waals surface area contributed by atoms with Crippen LogP contribution in [0, 0.1) is 5.92 Å². The molecule has 2 rings (SSSR count). The normalized spacial score (nSPS) is 25.9. The van der Waals surface area contributed by atoms with E-state index in [1.807, 2.05) is 0 Å². The molecule has 1 atom stereocenters. The molecule has 1 unspecified atom stereocenters. The molecule has 0 aromatic carbocycles. The molecule has 22 heavy (non-hydrogen) atoms. The van der Waals surface area contributed by atoms with E-state index in [9.17, 15) is 9.90 Å². The molecule has 0 aromatic heterocycles. The summed E-state index contributed by atoms with van der Waals surface area (Å²) in [5.41, 5.74) is -0.686. The summed E-state index contributed by atoms with van der Waals surface area (Å²) in [6, 6.07) is 0.442. The van der Waals surface area contributed by atoms with Gasteiger partial charge in [0.1, 0.15) is 0 Å². The highest BCUT2D eigenvalue weighted by molar-refractivity contribution is 5.73. The molecule has 128 valence electrons. The van der Waals surface area contributed by atoms with Gasteiger partial charge in [0.15, 0.2) is 0 Å². The zero-order chi connectivity index (χ0) is 16.0. The highest BCUT2D eigenvalue weighted by Crippen LogP contribution is 2.27. The van der Waals surface area contributed by atoms with Crippen molar-refractivity contribution in [1.82, 2.24) is 15.5 Å². The van der Waals surface area contributed by atoms with E-state index >= 15 is 0 Å². The average Bonchev–Trinajstić information content (AvgIpc) is 2.52. The maximum atomic E-state index is 11.9. The minimum Gasteiger partial charge on any atom is -0.388 e. The van der Waals surface area contributed by atoms with Gasteiger partial charge in [0.2, 0.25) is 0 Å². The van der Waals surface area contributed by atoms with Gasteiger partial charge in [-0.1, -0.05) is 19.3 Å². The van der Waals surface area contributed by atoms with Gasteiger partial charge in [-0.05, 0) is 52.0 Å². The van der Waals surface area contributed by atoms with Gasteiger partial charge in [0.05, 0.1) is 5.60 Å². The number of nitrogens with one attached hydrogen (secondary N) is 2. The Morgan fingerprint density at radius 1 is 1.23 bits per heavy atom. The number of hydrogen-bond donors (Lipinski definition) is 3. The number of urea groups is 1. The van der Waals surface area contributed by atoms with Gasteiger partial charge in [0.25, 0.3) is 0 Å². The van der Waals surface area contributed by atoms with Crippen LogP contribution in [0.2, 0.25) is 0 Å². The Balaban J connectivity index is 1.65. The van der Waals surface area contributed by atoms with Crippen molar-refractivity contribution in [2.24, 2.45) is 5.92 Å². The minimum absolute atomic E-state index is 0.138. The summed E-state index contributed by atoms with van der Waals surface area (Å²) in [4.78, 5) is 14.4. The summed E-state index contributed by atoms with van der Waals surface area (Å²) in [5, 5.41) is 16.2. The van der Waals surface area contributed by atoms with E-state index in [2.05, 4.69) is 29.4 Å². The number of hydrogen-bond acceptors (Lipinski definition) is 3. The number of piperidine rings is 1. The molecule has 2 aliphatic rings. The van der Waals surface area contributed by atoms with E-state index in [1.165, 1.54) is 25.8 Å². The molecular formula is C17H33N3O2. The SMILES string of the molecule is CC(C)N1CCCC(CNC(=O)NCC2(O)CCCCC2)C1. The van der Waals surface area contributed by atoms with Crippen LogP contribution in [-0.2, 0) is 0 Å². The Hall–Kier alpha value is -0.810. The smallest absolute Gasteiger partial charge is 0.314 e. The van der Waals surface area contributed by atoms with Gasteiger partial charge >= 0.3 is 6.03 Å². The van der Waals surface area contributed by atoms with Crippen molar-refractivity contribution in [2.75, 3.05) is 26.2 Å². The topological polar surface area (TPSA) is 64.6 Å². The Bertz CT molecular complexity index is 354. The van der Waals surface area contributed by atoms with Gasteiger partial charge in [0, 0.05) is 25.7 Å². The van der Waals surface area contributed by atoms with Crippen LogP contribution in [0.4, 0.5) is 4.79 Å². The highest BCUT2D eigenvalue weighted by Gasteiger charge is 2.29. The van der Waals surface area contributed by atoms with Crippen LogP contribution in [0.25, 0.3) is 0 Å². The molecule has 1 heterocycles. The molecule has 2 fully saturated rings. The third kappa shape index (κ3) is 5.43. The molecule has 3 N–H and O–H groups in total. The van der Waals surface area contributed by atoms with Crippen LogP contribution in [0.1, 0.15) is 58.8 Å². The second-order valence-electron chi connectivity index (χ2n) is 7.45. The summed E-state index contributed by atoms with van der Waals surface area (Å²) < 4.78 is 0. The van der Waals surface area contributed by atoms with Crippen LogP contribution in [0.15, 0.2) is 0 Å². The summed E-state index contributed by atoms with van der Waals surface area (Å²) >= 11 is 0. The van der Waals surface area contributed by atoms with Gasteiger partial charge in [-0.25, -0.2) is 4.79 Å². The number of likely N-dealkylation sites (tertiary alicyclic amines) is 1. The molecule has 1 aliphatic carbocycles. The molecule has 1 saturated carbocycles. The van der Waals surface area contributed by atoms with Gasteiger partial charge < -0.3 is 20.6 Å².